The summed E-state index contributed by atoms with van der Waals surface area (Å²) >= 11 is 0. The molecule has 0 unspecified atom stereocenters. The summed E-state index contributed by atoms with van der Waals surface area (Å²) in [5.74, 6) is -5.43. The van der Waals surface area contributed by atoms with Gasteiger partial charge in [0, 0.05) is 19.3 Å². The molecule has 0 heterocycles. The Kier molecular flexibility index (Phi) is 8.56. The van der Waals surface area contributed by atoms with Crippen molar-refractivity contribution in [2.45, 2.75) is 46.6 Å². The minimum atomic E-state index is -1.10. The van der Waals surface area contributed by atoms with Gasteiger partial charge >= 0.3 is 11.9 Å². The fraction of sp³-hybridized carbons (Fsp3) is 0.333. The van der Waals surface area contributed by atoms with Crippen LogP contribution in [-0.4, -0.2) is 40.8 Å². The van der Waals surface area contributed by atoms with Gasteiger partial charge in [-0.2, -0.15) is 0 Å². The minimum absolute atomic E-state index is 0.106. The van der Waals surface area contributed by atoms with Crippen molar-refractivity contribution in [2.24, 2.45) is 0 Å². The largest absolute Gasteiger partial charge is 0.504 e. The molecule has 0 radical (unpaired) electrons. The van der Waals surface area contributed by atoms with Crippen LogP contribution in [0.15, 0.2) is 24.3 Å². The zero-order valence-electron chi connectivity index (χ0n) is 18.9. The summed E-state index contributed by atoms with van der Waals surface area (Å²) in [6.07, 6.45) is -0.390. The van der Waals surface area contributed by atoms with Gasteiger partial charge < -0.3 is 24.4 Å². The number of benzene rings is 2. The van der Waals surface area contributed by atoms with Crippen molar-refractivity contribution in [1.29, 1.82) is 0 Å². The van der Waals surface area contributed by atoms with Crippen LogP contribution in [0.1, 0.15) is 76.7 Å². The molecule has 2 N–H and O–H groups in total. The molecule has 0 spiro atoms. The standard InChI is InChI=1S/C24H26O9/c1-5-15(25)18-20(24(30)32-12-13-9-8-10-14(11-13)31-4)19(16(26)6-2)23(22(29)21(18)28)33-17(27)7-3/h8-11,28-29H,5-7,12H2,1-4H3. The van der Waals surface area contributed by atoms with Crippen molar-refractivity contribution in [3.05, 3.63) is 46.5 Å². The second-order valence-electron chi connectivity index (χ2n) is 6.96. The van der Waals surface area contributed by atoms with Crippen LogP contribution in [-0.2, 0) is 16.1 Å². The zero-order valence-corrected chi connectivity index (χ0v) is 18.9. The van der Waals surface area contributed by atoms with Gasteiger partial charge in [0.05, 0.1) is 23.8 Å². The predicted molar refractivity (Wildman–Crippen MR) is 117 cm³/mol. The number of esters is 2. The number of aromatic hydroxyl groups is 2. The third kappa shape index (κ3) is 5.49. The van der Waals surface area contributed by atoms with Crippen LogP contribution < -0.4 is 9.47 Å². The van der Waals surface area contributed by atoms with Crippen LogP contribution in [0.3, 0.4) is 0 Å². The van der Waals surface area contributed by atoms with E-state index in [-0.39, 0.29) is 25.9 Å². The molecule has 9 nitrogen and oxygen atoms in total. The Hall–Kier alpha value is -3.88. The van der Waals surface area contributed by atoms with Gasteiger partial charge in [-0.3, -0.25) is 14.4 Å². The van der Waals surface area contributed by atoms with Gasteiger partial charge in [0.25, 0.3) is 0 Å². The van der Waals surface area contributed by atoms with Gasteiger partial charge in [0.2, 0.25) is 5.75 Å². The number of Topliss-reactive ketones (excluding diaryl/α,β-unsaturated/α-hetero) is 2. The maximum atomic E-state index is 13.1. The molecule has 176 valence electrons. The van der Waals surface area contributed by atoms with Crippen molar-refractivity contribution in [2.75, 3.05) is 7.11 Å². The number of hydrogen-bond donors (Lipinski definition) is 2. The van der Waals surface area contributed by atoms with Gasteiger partial charge in [0.15, 0.2) is 23.1 Å². The monoisotopic (exact) mass is 458 g/mol. The van der Waals surface area contributed by atoms with E-state index in [1.807, 2.05) is 0 Å². The summed E-state index contributed by atoms with van der Waals surface area (Å²) in [7, 11) is 1.48. The Morgan fingerprint density at radius 3 is 2.06 bits per heavy atom. The van der Waals surface area contributed by atoms with Crippen LogP contribution in [0.2, 0.25) is 0 Å². The summed E-state index contributed by atoms with van der Waals surface area (Å²) in [5, 5.41) is 21.0. The van der Waals surface area contributed by atoms with Gasteiger partial charge in [-0.1, -0.05) is 32.9 Å². The van der Waals surface area contributed by atoms with E-state index < -0.39 is 57.4 Å². The van der Waals surface area contributed by atoms with Crippen molar-refractivity contribution < 1.29 is 43.6 Å². The van der Waals surface area contributed by atoms with Crippen LogP contribution in [0.4, 0.5) is 0 Å². The van der Waals surface area contributed by atoms with Crippen molar-refractivity contribution in [1.82, 2.24) is 0 Å². The topological polar surface area (TPSA) is 136 Å². The lowest BCUT2D eigenvalue weighted by molar-refractivity contribution is -0.134. The molecule has 0 aliphatic heterocycles. The molecule has 0 bridgehead atoms. The number of rotatable bonds is 10. The Labute approximate surface area is 190 Å². The summed E-state index contributed by atoms with van der Waals surface area (Å²) in [4.78, 5) is 50.5. The molecule has 0 amide bonds. The summed E-state index contributed by atoms with van der Waals surface area (Å²) in [5.41, 5.74) is -1.07. The van der Waals surface area contributed by atoms with E-state index in [9.17, 15) is 29.4 Å². The van der Waals surface area contributed by atoms with E-state index in [0.717, 1.165) is 0 Å². The van der Waals surface area contributed by atoms with Gasteiger partial charge in [-0.05, 0) is 17.7 Å². The molecule has 0 atom stereocenters. The first kappa shape index (κ1) is 25.4. The minimum Gasteiger partial charge on any atom is -0.504 e. The molecule has 0 saturated heterocycles. The molecule has 0 fully saturated rings. The number of ether oxygens (including phenoxy) is 3. The molecule has 0 saturated carbocycles. The predicted octanol–water partition coefficient (Wildman–Crippen LogP) is 3.96. The zero-order chi connectivity index (χ0) is 24.7. The smallest absolute Gasteiger partial charge is 0.340 e. The summed E-state index contributed by atoms with van der Waals surface area (Å²) in [6, 6.07) is 6.70. The average molecular weight is 458 g/mol. The highest BCUT2D eigenvalue weighted by Crippen LogP contribution is 2.45. The van der Waals surface area contributed by atoms with Crippen LogP contribution in [0, 0.1) is 0 Å². The van der Waals surface area contributed by atoms with E-state index in [2.05, 4.69) is 0 Å². The summed E-state index contributed by atoms with van der Waals surface area (Å²) < 4.78 is 15.5. The van der Waals surface area contributed by atoms with Crippen molar-refractivity contribution >= 4 is 23.5 Å². The maximum Gasteiger partial charge on any atom is 0.340 e. The van der Waals surface area contributed by atoms with Crippen molar-refractivity contribution in [3.8, 4) is 23.0 Å². The van der Waals surface area contributed by atoms with E-state index in [0.29, 0.717) is 11.3 Å². The Balaban J connectivity index is 2.69. The number of carbonyl (C=O) groups is 4. The van der Waals surface area contributed by atoms with Gasteiger partial charge in [-0.25, -0.2) is 4.79 Å². The second-order valence-corrected chi connectivity index (χ2v) is 6.96. The van der Waals surface area contributed by atoms with E-state index in [1.165, 1.54) is 27.9 Å². The molecule has 2 aromatic rings. The fourth-order valence-electron chi connectivity index (χ4n) is 3.07. The van der Waals surface area contributed by atoms with E-state index in [4.69, 9.17) is 14.2 Å². The quantitative estimate of drug-likeness (QED) is 0.234. The normalized spacial score (nSPS) is 10.4. The average Bonchev–Trinajstić information content (AvgIpc) is 2.84. The first-order valence-corrected chi connectivity index (χ1v) is 10.4. The molecule has 0 aliphatic carbocycles. The van der Waals surface area contributed by atoms with Crippen LogP contribution in [0.5, 0.6) is 23.0 Å². The maximum absolute atomic E-state index is 13.1. The molecule has 0 aromatic heterocycles. The molecule has 2 aromatic carbocycles. The highest BCUT2D eigenvalue weighted by molar-refractivity contribution is 6.17. The van der Waals surface area contributed by atoms with Gasteiger partial charge in [0.1, 0.15) is 12.4 Å². The molecular formula is C24H26O9. The number of hydrogen-bond acceptors (Lipinski definition) is 9. The molecule has 0 aliphatic rings. The van der Waals surface area contributed by atoms with Gasteiger partial charge in [-0.15, -0.1) is 0 Å². The SMILES string of the molecule is CCC(=O)Oc1c(O)c(O)c(C(=O)CC)c(C(=O)OCc2cccc(OC)c2)c1C(=O)CC. The molecule has 33 heavy (non-hydrogen) atoms. The number of ketones is 2. The number of carbonyl (C=O) groups excluding carboxylic acids is 4. The lowest BCUT2D eigenvalue weighted by Crippen LogP contribution is -2.20. The fourth-order valence-corrected chi connectivity index (χ4v) is 3.07. The third-order valence-electron chi connectivity index (χ3n) is 4.82. The van der Waals surface area contributed by atoms with E-state index in [1.54, 1.807) is 24.3 Å². The Morgan fingerprint density at radius 1 is 0.848 bits per heavy atom. The first-order valence-electron chi connectivity index (χ1n) is 10.4. The van der Waals surface area contributed by atoms with Crippen LogP contribution in [0.25, 0.3) is 0 Å². The highest BCUT2D eigenvalue weighted by Gasteiger charge is 2.35. The third-order valence-corrected chi connectivity index (χ3v) is 4.82. The second kappa shape index (κ2) is 11.1. The Bertz CT molecular complexity index is 1090. The van der Waals surface area contributed by atoms with Crippen LogP contribution >= 0.6 is 0 Å². The molecule has 2 rings (SSSR count). The Morgan fingerprint density at radius 2 is 1.48 bits per heavy atom. The van der Waals surface area contributed by atoms with Crippen molar-refractivity contribution in [3.63, 3.8) is 0 Å². The lowest BCUT2D eigenvalue weighted by atomic mass is 9.91. The lowest BCUT2D eigenvalue weighted by Gasteiger charge is -2.19. The first-order chi connectivity index (χ1) is 15.7. The number of phenols is 2. The number of methoxy groups -OCH3 is 1. The summed E-state index contributed by atoms with van der Waals surface area (Å²) in [6.45, 7) is 4.22. The molecular weight excluding hydrogens is 432 g/mol. The highest BCUT2D eigenvalue weighted by atomic mass is 16.5. The molecule has 9 heteroatoms. The number of phenolic OH excluding ortho intramolecular Hbond substituents is 2. The van der Waals surface area contributed by atoms with E-state index >= 15 is 0 Å².